The van der Waals surface area contributed by atoms with Crippen LogP contribution in [-0.4, -0.2) is 12.7 Å². The Balaban J connectivity index is 0.000000336. The third kappa shape index (κ3) is 2.21. The van der Waals surface area contributed by atoms with Crippen LogP contribution in [0.4, 0.5) is 0 Å². The summed E-state index contributed by atoms with van der Waals surface area (Å²) in [7, 11) is 0. The number of fused-ring (bicyclic) bond motifs is 1. The van der Waals surface area contributed by atoms with Crippen LogP contribution >= 0.6 is 0 Å². The van der Waals surface area contributed by atoms with Gasteiger partial charge in [0.25, 0.3) is 0 Å². The lowest BCUT2D eigenvalue weighted by molar-refractivity contribution is 0.0188. The molecule has 1 heterocycles. The number of hydrogen-bond donors (Lipinski definition) is 0. The number of ether oxygens (including phenoxy) is 1. The molecule has 0 N–H and O–H groups in total. The molecular formula is C11H18O. The molecule has 2 aliphatic rings. The van der Waals surface area contributed by atoms with E-state index < -0.39 is 0 Å². The summed E-state index contributed by atoms with van der Waals surface area (Å²) in [5.41, 5.74) is 0. The van der Waals surface area contributed by atoms with Crippen molar-refractivity contribution >= 4 is 0 Å². The van der Waals surface area contributed by atoms with Crippen molar-refractivity contribution in [2.24, 2.45) is 5.92 Å². The van der Waals surface area contributed by atoms with Crippen LogP contribution in [0.15, 0.2) is 24.3 Å². The molecule has 0 saturated carbocycles. The lowest BCUT2D eigenvalue weighted by atomic mass is 9.91. The van der Waals surface area contributed by atoms with E-state index in [1.165, 1.54) is 12.8 Å². The molecule has 2 atom stereocenters. The van der Waals surface area contributed by atoms with Crippen LogP contribution < -0.4 is 0 Å². The number of allylic oxidation sites excluding steroid dienone is 2. The largest absolute Gasteiger partial charge is 0.374 e. The van der Waals surface area contributed by atoms with Gasteiger partial charge in [-0.15, -0.1) is 0 Å². The van der Waals surface area contributed by atoms with Crippen LogP contribution in [0.2, 0.25) is 0 Å². The molecule has 0 aromatic carbocycles. The van der Waals surface area contributed by atoms with Crippen LogP contribution in [-0.2, 0) is 4.74 Å². The summed E-state index contributed by atoms with van der Waals surface area (Å²) in [5.74, 6) is 0.666. The third-order valence-electron chi connectivity index (χ3n) is 2.18. The van der Waals surface area contributed by atoms with Gasteiger partial charge in [-0.1, -0.05) is 38.2 Å². The lowest BCUT2D eigenvalue weighted by Gasteiger charge is -2.28. The first-order valence-corrected chi connectivity index (χ1v) is 4.93. The minimum atomic E-state index is 0.388. The van der Waals surface area contributed by atoms with E-state index in [-0.39, 0.29) is 0 Å². The monoisotopic (exact) mass is 166 g/mol. The van der Waals surface area contributed by atoms with Crippen molar-refractivity contribution in [1.82, 2.24) is 0 Å². The van der Waals surface area contributed by atoms with Gasteiger partial charge in [0, 0.05) is 12.5 Å². The van der Waals surface area contributed by atoms with Gasteiger partial charge in [-0.25, -0.2) is 0 Å². The van der Waals surface area contributed by atoms with Crippen molar-refractivity contribution in [1.29, 1.82) is 0 Å². The Morgan fingerprint density at radius 1 is 1.17 bits per heavy atom. The fourth-order valence-electron chi connectivity index (χ4n) is 1.61. The SMILES string of the molecule is C1=CC2CCCOC2C=C1.CC. The van der Waals surface area contributed by atoms with Crippen LogP contribution in [0.25, 0.3) is 0 Å². The predicted molar refractivity (Wildman–Crippen MR) is 52.1 cm³/mol. The van der Waals surface area contributed by atoms with Crippen LogP contribution in [0.3, 0.4) is 0 Å². The zero-order chi connectivity index (χ0) is 8.81. The lowest BCUT2D eigenvalue weighted by Crippen LogP contribution is -2.27. The number of rotatable bonds is 0. The summed E-state index contributed by atoms with van der Waals surface area (Å²) >= 11 is 0. The van der Waals surface area contributed by atoms with Gasteiger partial charge in [-0.05, 0) is 12.8 Å². The molecule has 0 bridgehead atoms. The highest BCUT2D eigenvalue weighted by molar-refractivity contribution is 5.15. The molecule has 0 spiro atoms. The smallest absolute Gasteiger partial charge is 0.0821 e. The number of hydrogen-bond acceptors (Lipinski definition) is 1. The van der Waals surface area contributed by atoms with E-state index in [1.807, 2.05) is 13.8 Å². The molecule has 1 saturated heterocycles. The molecule has 1 fully saturated rings. The van der Waals surface area contributed by atoms with Crippen LogP contribution in [0, 0.1) is 5.92 Å². The van der Waals surface area contributed by atoms with Gasteiger partial charge < -0.3 is 4.74 Å². The molecule has 1 aliphatic heterocycles. The van der Waals surface area contributed by atoms with Crippen molar-refractivity contribution in [2.45, 2.75) is 32.8 Å². The fourth-order valence-corrected chi connectivity index (χ4v) is 1.61. The van der Waals surface area contributed by atoms with Gasteiger partial charge >= 0.3 is 0 Å². The van der Waals surface area contributed by atoms with Gasteiger partial charge in [0.1, 0.15) is 0 Å². The van der Waals surface area contributed by atoms with E-state index in [0.717, 1.165) is 6.61 Å². The molecule has 1 aliphatic carbocycles. The zero-order valence-electron chi connectivity index (χ0n) is 7.99. The Morgan fingerprint density at radius 3 is 2.67 bits per heavy atom. The maximum absolute atomic E-state index is 5.54. The van der Waals surface area contributed by atoms with E-state index in [4.69, 9.17) is 4.74 Å². The van der Waals surface area contributed by atoms with E-state index in [9.17, 15) is 0 Å². The summed E-state index contributed by atoms with van der Waals surface area (Å²) in [5, 5.41) is 0. The van der Waals surface area contributed by atoms with Gasteiger partial charge in [0.05, 0.1) is 6.10 Å². The van der Waals surface area contributed by atoms with Gasteiger partial charge in [0.15, 0.2) is 0 Å². The van der Waals surface area contributed by atoms with Crippen LogP contribution in [0.5, 0.6) is 0 Å². The highest BCUT2D eigenvalue weighted by Gasteiger charge is 2.22. The minimum absolute atomic E-state index is 0.388. The Labute approximate surface area is 75.1 Å². The second-order valence-electron chi connectivity index (χ2n) is 2.91. The molecule has 12 heavy (non-hydrogen) atoms. The van der Waals surface area contributed by atoms with Crippen molar-refractivity contribution < 1.29 is 4.74 Å². The second-order valence-corrected chi connectivity index (χ2v) is 2.91. The summed E-state index contributed by atoms with van der Waals surface area (Å²) in [6.45, 7) is 4.94. The maximum atomic E-state index is 5.54. The summed E-state index contributed by atoms with van der Waals surface area (Å²) in [4.78, 5) is 0. The first-order chi connectivity index (χ1) is 5.97. The molecule has 1 nitrogen and oxygen atoms in total. The topological polar surface area (TPSA) is 9.23 Å². The van der Waals surface area contributed by atoms with Crippen molar-refractivity contribution in [3.05, 3.63) is 24.3 Å². The fraction of sp³-hybridized carbons (Fsp3) is 0.636. The van der Waals surface area contributed by atoms with Crippen molar-refractivity contribution in [3.63, 3.8) is 0 Å². The van der Waals surface area contributed by atoms with Crippen molar-refractivity contribution in [2.75, 3.05) is 6.61 Å². The van der Waals surface area contributed by atoms with Gasteiger partial charge in [0.2, 0.25) is 0 Å². The van der Waals surface area contributed by atoms with Crippen molar-refractivity contribution in [3.8, 4) is 0 Å². The normalized spacial score (nSPS) is 31.8. The first kappa shape index (κ1) is 9.53. The van der Waals surface area contributed by atoms with Gasteiger partial charge in [-0.3, -0.25) is 0 Å². The van der Waals surface area contributed by atoms with E-state index in [2.05, 4.69) is 24.3 Å². The molecule has 2 rings (SSSR count). The molecule has 0 aromatic heterocycles. The Hall–Kier alpha value is -0.560. The minimum Gasteiger partial charge on any atom is -0.374 e. The molecule has 68 valence electrons. The highest BCUT2D eigenvalue weighted by Crippen LogP contribution is 2.25. The third-order valence-corrected chi connectivity index (χ3v) is 2.18. The highest BCUT2D eigenvalue weighted by atomic mass is 16.5. The Bertz CT molecular complexity index is 150. The summed E-state index contributed by atoms with van der Waals surface area (Å²) in [6, 6.07) is 0. The predicted octanol–water partition coefficient (Wildman–Crippen LogP) is 2.93. The van der Waals surface area contributed by atoms with E-state index >= 15 is 0 Å². The quantitative estimate of drug-likeness (QED) is 0.537. The average Bonchev–Trinajstić information content (AvgIpc) is 2.21. The molecule has 1 heteroatoms. The van der Waals surface area contributed by atoms with E-state index in [1.54, 1.807) is 0 Å². The second kappa shape index (κ2) is 5.15. The summed E-state index contributed by atoms with van der Waals surface area (Å²) < 4.78 is 5.54. The zero-order valence-corrected chi connectivity index (χ0v) is 7.99. The first-order valence-electron chi connectivity index (χ1n) is 4.93. The molecule has 0 amide bonds. The standard InChI is InChI=1S/C9H12O.C2H6/c1-2-6-9-8(4-1)5-3-7-10-9;1-2/h1-2,4,6,8-9H,3,5,7H2;1-2H3. The molecule has 0 aromatic rings. The summed E-state index contributed by atoms with van der Waals surface area (Å²) in [6.07, 6.45) is 11.5. The Morgan fingerprint density at radius 2 is 1.92 bits per heavy atom. The molecule has 0 radical (unpaired) electrons. The van der Waals surface area contributed by atoms with Gasteiger partial charge in [-0.2, -0.15) is 0 Å². The molecule has 2 unspecified atom stereocenters. The van der Waals surface area contributed by atoms with E-state index in [0.29, 0.717) is 12.0 Å². The Kier molecular flexibility index (Phi) is 4.09. The average molecular weight is 166 g/mol. The molecular weight excluding hydrogens is 148 g/mol. The maximum Gasteiger partial charge on any atom is 0.0821 e. The van der Waals surface area contributed by atoms with Crippen LogP contribution in [0.1, 0.15) is 26.7 Å².